The topological polar surface area (TPSA) is 127 Å². The van der Waals surface area contributed by atoms with Crippen molar-refractivity contribution in [3.05, 3.63) is 53.6 Å². The van der Waals surface area contributed by atoms with E-state index in [1.807, 2.05) is 12.1 Å². The molecule has 5 aliphatic rings. The second-order valence-corrected chi connectivity index (χ2v) is 11.1. The van der Waals surface area contributed by atoms with Crippen LogP contribution >= 0.6 is 0 Å². The highest BCUT2D eigenvalue weighted by Crippen LogP contribution is 2.31. The summed E-state index contributed by atoms with van der Waals surface area (Å²) in [5.74, 6) is 1.07. The number of benzene rings is 2. The normalized spacial score (nSPS) is 22.8. The molecule has 0 spiro atoms. The van der Waals surface area contributed by atoms with Crippen molar-refractivity contribution in [1.29, 1.82) is 0 Å². The van der Waals surface area contributed by atoms with Gasteiger partial charge < -0.3 is 34.6 Å². The van der Waals surface area contributed by atoms with Crippen molar-refractivity contribution in [2.24, 2.45) is 5.92 Å². The van der Waals surface area contributed by atoms with Gasteiger partial charge >= 0.3 is 0 Å². The maximum absolute atomic E-state index is 13.5. The molecule has 216 valence electrons. The molecule has 0 aromatic heterocycles. The Kier molecular flexibility index (Phi) is 7.67. The van der Waals surface area contributed by atoms with Crippen molar-refractivity contribution in [2.45, 2.75) is 44.4 Å². The first-order valence-electron chi connectivity index (χ1n) is 14.2. The zero-order valence-corrected chi connectivity index (χ0v) is 22.8. The number of carbonyl (C=O) groups is 4. The van der Waals surface area contributed by atoms with Crippen LogP contribution in [0.15, 0.2) is 42.5 Å². The summed E-state index contributed by atoms with van der Waals surface area (Å²) in [6, 6.07) is 11.7. The highest BCUT2D eigenvalue weighted by Gasteiger charge is 2.39. The molecule has 2 N–H and O–H groups in total. The van der Waals surface area contributed by atoms with Crippen LogP contribution in [0.2, 0.25) is 0 Å². The van der Waals surface area contributed by atoms with Gasteiger partial charge in [0.25, 0.3) is 11.8 Å². The summed E-state index contributed by atoms with van der Waals surface area (Å²) >= 11 is 0. The highest BCUT2D eigenvalue weighted by atomic mass is 16.5. The molecule has 3 fully saturated rings. The molecule has 2 aromatic carbocycles. The number of likely N-dealkylation sites (tertiary alicyclic amines) is 2. The van der Waals surface area contributed by atoms with Gasteiger partial charge in [0, 0.05) is 37.7 Å². The van der Waals surface area contributed by atoms with Crippen molar-refractivity contribution in [3.63, 3.8) is 0 Å². The van der Waals surface area contributed by atoms with Gasteiger partial charge in [0.1, 0.15) is 23.4 Å². The maximum atomic E-state index is 13.5. The van der Waals surface area contributed by atoms with Gasteiger partial charge in [-0.1, -0.05) is 12.1 Å². The predicted octanol–water partition coefficient (Wildman–Crippen LogP) is 1.49. The minimum absolute atomic E-state index is 0.0125. The third-order valence-corrected chi connectivity index (χ3v) is 7.83. The summed E-state index contributed by atoms with van der Waals surface area (Å²) in [6.45, 7) is 1.77. The van der Waals surface area contributed by atoms with E-state index >= 15 is 0 Å². The molecule has 2 aromatic rings. The lowest BCUT2D eigenvalue weighted by atomic mass is 10.1. The van der Waals surface area contributed by atoms with Crippen LogP contribution in [0, 0.1) is 5.92 Å². The Morgan fingerprint density at radius 2 is 1.85 bits per heavy atom. The Morgan fingerprint density at radius 3 is 2.61 bits per heavy atom. The quantitative estimate of drug-likeness (QED) is 0.566. The zero-order valence-electron chi connectivity index (χ0n) is 22.8. The van der Waals surface area contributed by atoms with Crippen molar-refractivity contribution in [3.8, 4) is 17.2 Å². The summed E-state index contributed by atoms with van der Waals surface area (Å²) in [7, 11) is 0. The maximum Gasteiger partial charge on any atom is 0.258 e. The molecule has 7 rings (SSSR count). The first-order valence-corrected chi connectivity index (χ1v) is 14.2. The number of hydrogen-bond donors (Lipinski definition) is 2. The average Bonchev–Trinajstić information content (AvgIpc) is 3.60. The standard InChI is InChI=1S/C30H34N4O7/c35-27-18-40-24-11-21(10-23(12-24)39-17-20-3-4-20)30(38)32-25-14-34(29(37)16-33-9-1-2-28(33)36)15-26(25)41-22-7-5-19(6-8-22)13-31-27/h5-8,10-12,20,25-26H,1-4,9,13-18H2,(H,31,35)(H,32,38)/t25-,26-/m0/s1. The SMILES string of the molecule is O=C1COc2cc(OCC3CC3)cc(c2)C(=O)N[C@H]2CN(C(=O)CN3CCCC3=O)C[C@@H]2Oc2ccc(cc2)CN1. The third-order valence-electron chi connectivity index (χ3n) is 7.83. The lowest BCUT2D eigenvalue weighted by Gasteiger charge is -2.21. The lowest BCUT2D eigenvalue weighted by molar-refractivity contribution is -0.137. The van der Waals surface area contributed by atoms with Crippen LogP contribution in [0.5, 0.6) is 17.2 Å². The van der Waals surface area contributed by atoms with E-state index in [4.69, 9.17) is 14.2 Å². The number of carbonyl (C=O) groups excluding carboxylic acids is 4. The largest absolute Gasteiger partial charge is 0.493 e. The van der Waals surface area contributed by atoms with Crippen LogP contribution < -0.4 is 24.8 Å². The summed E-state index contributed by atoms with van der Waals surface area (Å²) in [5, 5.41) is 5.88. The Morgan fingerprint density at radius 1 is 1.02 bits per heavy atom. The molecule has 1 aliphatic carbocycles. The Bertz CT molecular complexity index is 1330. The molecule has 11 nitrogen and oxygen atoms in total. The van der Waals surface area contributed by atoms with E-state index < -0.39 is 12.1 Å². The average molecular weight is 563 g/mol. The lowest BCUT2D eigenvalue weighted by Crippen LogP contribution is -2.45. The Hall–Kier alpha value is -4.28. The molecule has 0 radical (unpaired) electrons. The monoisotopic (exact) mass is 562 g/mol. The fraction of sp³-hybridized carbons (Fsp3) is 0.467. The van der Waals surface area contributed by atoms with Crippen LogP contribution in [0.25, 0.3) is 0 Å². The molecule has 11 heteroatoms. The molecule has 2 atom stereocenters. The molecular formula is C30H34N4O7. The second-order valence-electron chi connectivity index (χ2n) is 11.1. The van der Waals surface area contributed by atoms with Crippen LogP contribution in [-0.2, 0) is 20.9 Å². The number of fused-ring (bicyclic) bond motifs is 7. The van der Waals surface area contributed by atoms with E-state index in [0.717, 1.165) is 24.8 Å². The number of rotatable bonds is 5. The summed E-state index contributed by atoms with van der Waals surface area (Å²) in [6.07, 6.45) is 2.95. The number of nitrogens with zero attached hydrogens (tertiary/aromatic N) is 2. The summed E-state index contributed by atoms with van der Waals surface area (Å²) < 4.78 is 18.0. The number of nitrogens with one attached hydrogen (secondary N) is 2. The van der Waals surface area contributed by atoms with Crippen molar-refractivity contribution < 1.29 is 33.4 Å². The van der Waals surface area contributed by atoms with E-state index in [9.17, 15) is 19.2 Å². The fourth-order valence-corrected chi connectivity index (χ4v) is 5.25. The Balaban J connectivity index is 1.25. The molecule has 0 unspecified atom stereocenters. The smallest absolute Gasteiger partial charge is 0.258 e. The van der Waals surface area contributed by atoms with E-state index in [1.54, 1.807) is 40.1 Å². The molecule has 4 bridgehead atoms. The fourth-order valence-electron chi connectivity index (χ4n) is 5.25. The minimum Gasteiger partial charge on any atom is -0.493 e. The van der Waals surface area contributed by atoms with Crippen molar-refractivity contribution >= 4 is 23.6 Å². The van der Waals surface area contributed by atoms with Gasteiger partial charge in [-0.2, -0.15) is 0 Å². The van der Waals surface area contributed by atoms with Crippen LogP contribution in [0.3, 0.4) is 0 Å². The predicted molar refractivity (Wildman–Crippen MR) is 147 cm³/mol. The van der Waals surface area contributed by atoms with E-state index in [-0.39, 0.29) is 49.9 Å². The molecule has 2 saturated heterocycles. The minimum atomic E-state index is -0.511. The van der Waals surface area contributed by atoms with Gasteiger partial charge in [0.2, 0.25) is 11.8 Å². The van der Waals surface area contributed by atoms with Crippen LogP contribution in [-0.4, -0.2) is 85.0 Å². The molecule has 4 amide bonds. The van der Waals surface area contributed by atoms with E-state index in [0.29, 0.717) is 54.8 Å². The second kappa shape index (κ2) is 11.7. The van der Waals surface area contributed by atoms with E-state index in [1.165, 1.54) is 0 Å². The molecular weight excluding hydrogens is 528 g/mol. The van der Waals surface area contributed by atoms with Gasteiger partial charge in [-0.15, -0.1) is 0 Å². The molecule has 41 heavy (non-hydrogen) atoms. The van der Waals surface area contributed by atoms with Gasteiger partial charge in [-0.25, -0.2) is 0 Å². The molecule has 4 aliphatic heterocycles. The number of hydrogen-bond acceptors (Lipinski definition) is 7. The first kappa shape index (κ1) is 26.9. The zero-order chi connectivity index (χ0) is 28.3. The van der Waals surface area contributed by atoms with Crippen LogP contribution in [0.4, 0.5) is 0 Å². The molecule has 4 heterocycles. The first-order chi connectivity index (χ1) is 19.9. The van der Waals surface area contributed by atoms with Gasteiger partial charge in [0.05, 0.1) is 25.7 Å². The number of amides is 4. The van der Waals surface area contributed by atoms with E-state index in [2.05, 4.69) is 10.6 Å². The summed E-state index contributed by atoms with van der Waals surface area (Å²) in [5.41, 5.74) is 1.20. The van der Waals surface area contributed by atoms with Crippen molar-refractivity contribution in [2.75, 3.05) is 39.4 Å². The van der Waals surface area contributed by atoms with Crippen molar-refractivity contribution in [1.82, 2.24) is 20.4 Å². The van der Waals surface area contributed by atoms with Gasteiger partial charge in [0.15, 0.2) is 6.61 Å². The molecule has 1 saturated carbocycles. The van der Waals surface area contributed by atoms with Gasteiger partial charge in [-0.05, 0) is 55.0 Å². The summed E-state index contributed by atoms with van der Waals surface area (Å²) in [4.78, 5) is 54.4. The third kappa shape index (κ3) is 6.72. The highest BCUT2D eigenvalue weighted by molar-refractivity contribution is 5.95. The number of ether oxygens (including phenoxy) is 3. The van der Waals surface area contributed by atoms with Gasteiger partial charge in [-0.3, -0.25) is 19.2 Å². The Labute approximate surface area is 238 Å². The van der Waals surface area contributed by atoms with Crippen LogP contribution in [0.1, 0.15) is 41.6 Å².